The second-order valence-electron chi connectivity index (χ2n) is 8.39. The maximum absolute atomic E-state index is 13.0. The SMILES string of the molecule is CC#CCC(NC(=O)OCC1c2ccccc2-c2ccccc21)C(=O)N(C)C1(C(=O)O)CC1. The van der Waals surface area contributed by atoms with E-state index in [4.69, 9.17) is 4.74 Å². The Morgan fingerprint density at radius 1 is 1.12 bits per heavy atom. The van der Waals surface area contributed by atoms with Gasteiger partial charge >= 0.3 is 12.1 Å². The molecule has 4 rings (SSSR count). The molecule has 170 valence electrons. The van der Waals surface area contributed by atoms with E-state index in [9.17, 15) is 19.5 Å². The van der Waals surface area contributed by atoms with Crippen molar-refractivity contribution < 1.29 is 24.2 Å². The van der Waals surface area contributed by atoms with Gasteiger partial charge in [-0.2, -0.15) is 0 Å². The van der Waals surface area contributed by atoms with E-state index in [1.165, 1.54) is 11.9 Å². The number of nitrogens with zero attached hydrogens (tertiary/aromatic N) is 1. The van der Waals surface area contributed by atoms with Gasteiger partial charge in [0.2, 0.25) is 5.91 Å². The van der Waals surface area contributed by atoms with Crippen molar-refractivity contribution in [3.8, 4) is 23.0 Å². The Morgan fingerprint density at radius 2 is 1.70 bits per heavy atom. The molecule has 0 saturated heterocycles. The summed E-state index contributed by atoms with van der Waals surface area (Å²) in [6, 6.07) is 15.1. The summed E-state index contributed by atoms with van der Waals surface area (Å²) in [6.45, 7) is 1.76. The zero-order chi connectivity index (χ0) is 23.6. The van der Waals surface area contributed by atoms with Crippen LogP contribution in [-0.2, 0) is 14.3 Å². The largest absolute Gasteiger partial charge is 0.479 e. The van der Waals surface area contributed by atoms with Gasteiger partial charge in [-0.1, -0.05) is 48.5 Å². The Bertz CT molecular complexity index is 1110. The monoisotopic (exact) mass is 446 g/mol. The van der Waals surface area contributed by atoms with Gasteiger partial charge in [-0.05, 0) is 42.0 Å². The number of carbonyl (C=O) groups is 3. The number of fused-ring (bicyclic) bond motifs is 3. The lowest BCUT2D eigenvalue weighted by Gasteiger charge is -2.28. The molecule has 0 bridgehead atoms. The maximum atomic E-state index is 13.0. The van der Waals surface area contributed by atoms with Crippen LogP contribution in [0.25, 0.3) is 11.1 Å². The number of alkyl carbamates (subject to hydrolysis) is 1. The third kappa shape index (κ3) is 4.17. The fourth-order valence-electron chi connectivity index (χ4n) is 4.44. The smallest absolute Gasteiger partial charge is 0.407 e. The number of likely N-dealkylation sites (N-methyl/N-ethyl adjacent to an activating group) is 1. The summed E-state index contributed by atoms with van der Waals surface area (Å²) in [5.74, 6) is 3.87. The van der Waals surface area contributed by atoms with Crippen LogP contribution >= 0.6 is 0 Å². The lowest BCUT2D eigenvalue weighted by atomic mass is 9.98. The van der Waals surface area contributed by atoms with Gasteiger partial charge in [0.05, 0.1) is 0 Å². The number of aliphatic carboxylic acids is 1. The molecule has 0 radical (unpaired) electrons. The number of benzene rings is 2. The molecule has 0 spiro atoms. The van der Waals surface area contributed by atoms with Gasteiger partial charge in [-0.15, -0.1) is 11.8 Å². The lowest BCUT2D eigenvalue weighted by Crippen LogP contribution is -2.53. The Hall–Kier alpha value is -3.79. The van der Waals surface area contributed by atoms with Crippen LogP contribution in [0.2, 0.25) is 0 Å². The van der Waals surface area contributed by atoms with Crippen molar-refractivity contribution in [3.05, 3.63) is 59.7 Å². The van der Waals surface area contributed by atoms with Crippen molar-refractivity contribution in [3.63, 3.8) is 0 Å². The van der Waals surface area contributed by atoms with Crippen LogP contribution in [0, 0.1) is 11.8 Å². The average molecular weight is 447 g/mol. The van der Waals surface area contributed by atoms with Gasteiger partial charge in [0.1, 0.15) is 18.2 Å². The molecule has 2 aromatic rings. The van der Waals surface area contributed by atoms with E-state index >= 15 is 0 Å². The number of carboxylic acid groups (broad SMARTS) is 1. The fraction of sp³-hybridized carbons (Fsp3) is 0.346. The zero-order valence-corrected chi connectivity index (χ0v) is 18.6. The predicted octanol–water partition coefficient (Wildman–Crippen LogP) is 3.38. The molecule has 7 nitrogen and oxygen atoms in total. The van der Waals surface area contributed by atoms with Crippen LogP contribution in [0.1, 0.15) is 43.2 Å². The van der Waals surface area contributed by atoms with Crippen molar-refractivity contribution in [1.82, 2.24) is 10.2 Å². The first-order chi connectivity index (χ1) is 15.9. The molecule has 0 heterocycles. The van der Waals surface area contributed by atoms with Crippen LogP contribution in [0.4, 0.5) is 4.79 Å². The summed E-state index contributed by atoms with van der Waals surface area (Å²) < 4.78 is 5.54. The fourth-order valence-corrected chi connectivity index (χ4v) is 4.44. The highest BCUT2D eigenvalue weighted by Gasteiger charge is 2.56. The van der Waals surface area contributed by atoms with Crippen LogP contribution in [0.3, 0.4) is 0 Å². The van der Waals surface area contributed by atoms with Crippen molar-refractivity contribution in [2.24, 2.45) is 0 Å². The molecule has 7 heteroatoms. The molecular formula is C26H26N2O5. The van der Waals surface area contributed by atoms with Crippen LogP contribution < -0.4 is 5.32 Å². The summed E-state index contributed by atoms with van der Waals surface area (Å²) >= 11 is 0. The first-order valence-corrected chi connectivity index (χ1v) is 10.9. The summed E-state index contributed by atoms with van der Waals surface area (Å²) in [7, 11) is 1.45. The summed E-state index contributed by atoms with van der Waals surface area (Å²) in [5, 5.41) is 12.1. The third-order valence-electron chi connectivity index (χ3n) is 6.51. The van der Waals surface area contributed by atoms with E-state index in [0.717, 1.165) is 22.3 Å². The molecule has 2 N–H and O–H groups in total. The van der Waals surface area contributed by atoms with E-state index in [-0.39, 0.29) is 18.9 Å². The van der Waals surface area contributed by atoms with Gasteiger partial charge in [-0.25, -0.2) is 9.59 Å². The van der Waals surface area contributed by atoms with Gasteiger partial charge < -0.3 is 20.1 Å². The highest BCUT2D eigenvalue weighted by Crippen LogP contribution is 2.44. The molecule has 2 aromatic carbocycles. The zero-order valence-electron chi connectivity index (χ0n) is 18.6. The highest BCUT2D eigenvalue weighted by atomic mass is 16.5. The molecule has 1 atom stereocenters. The van der Waals surface area contributed by atoms with Gasteiger partial charge in [0.15, 0.2) is 0 Å². The van der Waals surface area contributed by atoms with Gasteiger partial charge in [0.25, 0.3) is 0 Å². The first kappa shape index (κ1) is 22.4. The minimum atomic E-state index is -1.20. The average Bonchev–Trinajstić information content (AvgIpc) is 3.58. The molecule has 1 unspecified atom stereocenters. The minimum absolute atomic E-state index is 0.0690. The van der Waals surface area contributed by atoms with Gasteiger partial charge in [-0.3, -0.25) is 4.79 Å². The number of rotatable bonds is 7. The highest BCUT2D eigenvalue weighted by molar-refractivity contribution is 5.93. The molecule has 2 aliphatic carbocycles. The van der Waals surface area contributed by atoms with Crippen LogP contribution in [-0.4, -0.2) is 53.2 Å². The lowest BCUT2D eigenvalue weighted by molar-refractivity contribution is -0.151. The number of ether oxygens (including phenoxy) is 1. The normalized spacial score (nSPS) is 15.8. The molecule has 2 aliphatic rings. The van der Waals surface area contributed by atoms with Crippen LogP contribution in [0.5, 0.6) is 0 Å². The Balaban J connectivity index is 1.45. The van der Waals surface area contributed by atoms with Crippen molar-refractivity contribution in [2.75, 3.05) is 13.7 Å². The molecule has 0 aromatic heterocycles. The van der Waals surface area contributed by atoms with E-state index in [1.54, 1.807) is 6.92 Å². The van der Waals surface area contributed by atoms with Crippen LogP contribution in [0.15, 0.2) is 48.5 Å². The molecular weight excluding hydrogens is 420 g/mol. The second-order valence-corrected chi connectivity index (χ2v) is 8.39. The Morgan fingerprint density at radius 3 is 2.21 bits per heavy atom. The standard InChI is InChI=1S/C26H26N2O5/c1-3-4-13-22(23(29)28(2)26(14-15-26)24(30)31)27-25(32)33-16-21-19-11-7-5-9-17(19)18-10-6-8-12-20(18)21/h5-12,21-22H,13-16H2,1-2H3,(H,27,32)(H,30,31). The molecule has 0 aliphatic heterocycles. The number of carboxylic acids is 1. The number of amides is 2. The van der Waals surface area contributed by atoms with E-state index in [1.807, 2.05) is 36.4 Å². The number of hydrogen-bond acceptors (Lipinski definition) is 4. The number of carbonyl (C=O) groups excluding carboxylic acids is 2. The van der Waals surface area contributed by atoms with E-state index < -0.39 is 29.6 Å². The van der Waals surface area contributed by atoms with Gasteiger partial charge in [0, 0.05) is 19.4 Å². The second kappa shape index (κ2) is 8.99. The van der Waals surface area contributed by atoms with Crippen molar-refractivity contribution in [2.45, 2.75) is 43.7 Å². The Kier molecular flexibility index (Phi) is 6.10. The maximum Gasteiger partial charge on any atom is 0.407 e. The van der Waals surface area contributed by atoms with Crippen molar-refractivity contribution in [1.29, 1.82) is 0 Å². The predicted molar refractivity (Wildman–Crippen MR) is 122 cm³/mol. The molecule has 2 amide bonds. The number of nitrogens with one attached hydrogen (secondary N) is 1. The van der Waals surface area contributed by atoms with E-state index in [2.05, 4.69) is 29.3 Å². The van der Waals surface area contributed by atoms with E-state index in [0.29, 0.717) is 12.8 Å². The third-order valence-corrected chi connectivity index (χ3v) is 6.51. The summed E-state index contributed by atoms with van der Waals surface area (Å²) in [4.78, 5) is 38.5. The minimum Gasteiger partial charge on any atom is -0.479 e. The summed E-state index contributed by atoms with van der Waals surface area (Å²) in [6.07, 6.45) is 0.116. The summed E-state index contributed by atoms with van der Waals surface area (Å²) in [5.41, 5.74) is 3.23. The quantitative estimate of drug-likeness (QED) is 0.636. The molecule has 1 saturated carbocycles. The number of hydrogen-bond donors (Lipinski definition) is 2. The molecule has 1 fully saturated rings. The molecule has 33 heavy (non-hydrogen) atoms. The first-order valence-electron chi connectivity index (χ1n) is 10.9. The van der Waals surface area contributed by atoms with Crippen molar-refractivity contribution >= 4 is 18.0 Å². The topological polar surface area (TPSA) is 95.9 Å². The Labute approximate surface area is 192 Å².